The number of nitrogens with one attached hydrogen (secondary N) is 1. The highest BCUT2D eigenvalue weighted by atomic mass is 35.5. The molecule has 1 atom stereocenters. The van der Waals surface area contributed by atoms with Crippen molar-refractivity contribution in [2.45, 2.75) is 39.5 Å². The molecule has 0 aliphatic heterocycles. The van der Waals surface area contributed by atoms with Crippen molar-refractivity contribution in [3.8, 4) is 0 Å². The highest BCUT2D eigenvalue weighted by Gasteiger charge is 2.15. The second-order valence-electron chi connectivity index (χ2n) is 4.38. The van der Waals surface area contributed by atoms with E-state index in [0.717, 1.165) is 12.0 Å². The minimum atomic E-state index is -0.231. The molecule has 0 amide bonds. The van der Waals surface area contributed by atoms with Gasteiger partial charge < -0.3 is 14.8 Å². The van der Waals surface area contributed by atoms with E-state index in [1.165, 1.54) is 0 Å². The van der Waals surface area contributed by atoms with Crippen molar-refractivity contribution in [2.75, 3.05) is 19.8 Å². The summed E-state index contributed by atoms with van der Waals surface area (Å²) in [6.07, 6.45) is 0.692. The first-order valence-corrected chi connectivity index (χ1v) is 7.79. The van der Waals surface area contributed by atoms with Crippen molar-refractivity contribution < 1.29 is 9.47 Å². The zero-order valence-corrected chi connectivity index (χ0v) is 13.8. The Morgan fingerprint density at radius 2 is 1.75 bits per heavy atom. The molecule has 0 aromatic heterocycles. The van der Waals surface area contributed by atoms with Crippen LogP contribution in [0.4, 0.5) is 0 Å². The van der Waals surface area contributed by atoms with Gasteiger partial charge in [0.25, 0.3) is 0 Å². The van der Waals surface area contributed by atoms with Crippen LogP contribution in [0, 0.1) is 0 Å². The van der Waals surface area contributed by atoms with E-state index in [1.807, 2.05) is 26.0 Å². The lowest BCUT2D eigenvalue weighted by Gasteiger charge is -2.23. The molecule has 1 rings (SSSR count). The summed E-state index contributed by atoms with van der Waals surface area (Å²) >= 11 is 12.2. The normalized spacial score (nSPS) is 12.9. The van der Waals surface area contributed by atoms with Crippen molar-refractivity contribution in [3.05, 3.63) is 33.8 Å². The van der Waals surface area contributed by atoms with Gasteiger partial charge in [0.05, 0.1) is 0 Å². The molecule has 0 bridgehead atoms. The maximum atomic E-state index is 6.25. The Morgan fingerprint density at radius 3 is 2.25 bits per heavy atom. The molecular formula is C15H23Cl2NO2. The number of ether oxygens (including phenoxy) is 2. The topological polar surface area (TPSA) is 30.5 Å². The van der Waals surface area contributed by atoms with Crippen LogP contribution in [0.5, 0.6) is 0 Å². The van der Waals surface area contributed by atoms with E-state index in [1.54, 1.807) is 6.07 Å². The van der Waals surface area contributed by atoms with Crippen LogP contribution in [0.2, 0.25) is 10.0 Å². The quantitative estimate of drug-likeness (QED) is 0.683. The van der Waals surface area contributed by atoms with Gasteiger partial charge in [0.15, 0.2) is 6.29 Å². The van der Waals surface area contributed by atoms with E-state index in [-0.39, 0.29) is 12.3 Å². The van der Waals surface area contributed by atoms with Crippen LogP contribution in [0.1, 0.15) is 38.8 Å². The maximum absolute atomic E-state index is 6.25. The van der Waals surface area contributed by atoms with Crippen molar-refractivity contribution in [3.63, 3.8) is 0 Å². The molecule has 0 heterocycles. The summed E-state index contributed by atoms with van der Waals surface area (Å²) in [6.45, 7) is 7.91. The number of benzene rings is 1. The zero-order chi connectivity index (χ0) is 15.0. The first kappa shape index (κ1) is 17.7. The van der Waals surface area contributed by atoms with Gasteiger partial charge in [-0.15, -0.1) is 0 Å². The Labute approximate surface area is 131 Å². The molecule has 0 aliphatic carbocycles. The number of hydrogen-bond donors (Lipinski definition) is 1. The van der Waals surface area contributed by atoms with Gasteiger partial charge in [-0.1, -0.05) is 36.2 Å². The van der Waals surface area contributed by atoms with E-state index in [0.29, 0.717) is 29.8 Å². The monoisotopic (exact) mass is 319 g/mol. The molecule has 1 aromatic carbocycles. The second-order valence-corrected chi connectivity index (χ2v) is 5.22. The number of hydrogen-bond acceptors (Lipinski definition) is 3. The van der Waals surface area contributed by atoms with Gasteiger partial charge in [-0.05, 0) is 38.0 Å². The van der Waals surface area contributed by atoms with Crippen LogP contribution in [-0.4, -0.2) is 26.0 Å². The minimum absolute atomic E-state index is 0.156. The van der Waals surface area contributed by atoms with Crippen LogP contribution in [0.15, 0.2) is 18.2 Å². The standard InChI is InChI=1S/C15H23Cl2NO2/c1-4-14(12-8-7-11(16)9-13(12)17)18-10-15(19-5-2)20-6-3/h7-9,14-15,18H,4-6,10H2,1-3H3. The van der Waals surface area contributed by atoms with Gasteiger partial charge >= 0.3 is 0 Å². The fourth-order valence-corrected chi connectivity index (χ4v) is 2.57. The highest BCUT2D eigenvalue weighted by molar-refractivity contribution is 6.35. The van der Waals surface area contributed by atoms with Gasteiger partial charge in [-0.3, -0.25) is 0 Å². The summed E-state index contributed by atoms with van der Waals surface area (Å²) in [5.41, 5.74) is 1.05. The SMILES string of the molecule is CCOC(CNC(CC)c1ccc(Cl)cc1Cl)OCC. The van der Waals surface area contributed by atoms with Crippen molar-refractivity contribution in [1.82, 2.24) is 5.32 Å². The van der Waals surface area contributed by atoms with Gasteiger partial charge in [0.1, 0.15) is 0 Å². The largest absolute Gasteiger partial charge is 0.352 e. The maximum Gasteiger partial charge on any atom is 0.169 e. The molecule has 0 radical (unpaired) electrons. The summed E-state index contributed by atoms with van der Waals surface area (Å²) in [5, 5.41) is 4.77. The first-order chi connectivity index (χ1) is 9.62. The van der Waals surface area contributed by atoms with Crippen molar-refractivity contribution in [1.29, 1.82) is 0 Å². The molecular weight excluding hydrogens is 297 g/mol. The third kappa shape index (κ3) is 5.58. The van der Waals surface area contributed by atoms with E-state index >= 15 is 0 Å². The molecule has 5 heteroatoms. The van der Waals surface area contributed by atoms with E-state index in [2.05, 4.69) is 12.2 Å². The molecule has 0 fully saturated rings. The van der Waals surface area contributed by atoms with Crippen LogP contribution in [-0.2, 0) is 9.47 Å². The molecule has 114 valence electrons. The second kappa shape index (κ2) is 9.59. The molecule has 1 aromatic rings. The molecule has 3 nitrogen and oxygen atoms in total. The van der Waals surface area contributed by atoms with E-state index in [9.17, 15) is 0 Å². The Hall–Kier alpha value is -0.320. The lowest BCUT2D eigenvalue weighted by atomic mass is 10.0. The lowest BCUT2D eigenvalue weighted by Crippen LogP contribution is -2.34. The number of halogens is 2. The van der Waals surface area contributed by atoms with Crippen LogP contribution in [0.25, 0.3) is 0 Å². The van der Waals surface area contributed by atoms with Gasteiger partial charge in [-0.2, -0.15) is 0 Å². The Kier molecular flexibility index (Phi) is 8.50. The van der Waals surface area contributed by atoms with E-state index < -0.39 is 0 Å². The minimum Gasteiger partial charge on any atom is -0.352 e. The third-order valence-electron chi connectivity index (χ3n) is 2.98. The average Bonchev–Trinajstić information content (AvgIpc) is 2.41. The highest BCUT2D eigenvalue weighted by Crippen LogP contribution is 2.28. The number of rotatable bonds is 9. The lowest BCUT2D eigenvalue weighted by molar-refractivity contribution is -0.133. The first-order valence-electron chi connectivity index (χ1n) is 7.03. The smallest absolute Gasteiger partial charge is 0.169 e. The Morgan fingerprint density at radius 1 is 1.10 bits per heavy atom. The summed E-state index contributed by atoms with van der Waals surface area (Å²) in [4.78, 5) is 0. The molecule has 1 N–H and O–H groups in total. The van der Waals surface area contributed by atoms with Gasteiger partial charge in [-0.25, -0.2) is 0 Å². The average molecular weight is 320 g/mol. The fourth-order valence-electron chi connectivity index (χ4n) is 2.03. The Bertz CT molecular complexity index is 395. The van der Waals surface area contributed by atoms with Crippen LogP contribution < -0.4 is 5.32 Å². The predicted molar refractivity (Wildman–Crippen MR) is 84.5 cm³/mol. The Balaban J connectivity index is 2.66. The van der Waals surface area contributed by atoms with Gasteiger partial charge in [0.2, 0.25) is 0 Å². The fraction of sp³-hybridized carbons (Fsp3) is 0.600. The molecule has 1 unspecified atom stereocenters. The van der Waals surface area contributed by atoms with Gasteiger partial charge in [0, 0.05) is 35.8 Å². The molecule has 0 saturated heterocycles. The predicted octanol–water partition coefficient (Wildman–Crippen LogP) is 4.43. The zero-order valence-electron chi connectivity index (χ0n) is 12.3. The molecule has 0 aliphatic rings. The molecule has 0 spiro atoms. The summed E-state index contributed by atoms with van der Waals surface area (Å²) < 4.78 is 11.0. The summed E-state index contributed by atoms with van der Waals surface area (Å²) in [6, 6.07) is 5.74. The van der Waals surface area contributed by atoms with Crippen molar-refractivity contribution in [2.24, 2.45) is 0 Å². The van der Waals surface area contributed by atoms with Crippen molar-refractivity contribution >= 4 is 23.2 Å². The molecule has 20 heavy (non-hydrogen) atoms. The third-order valence-corrected chi connectivity index (χ3v) is 3.54. The van der Waals surface area contributed by atoms with E-state index in [4.69, 9.17) is 32.7 Å². The van der Waals surface area contributed by atoms with Crippen LogP contribution >= 0.6 is 23.2 Å². The summed E-state index contributed by atoms with van der Waals surface area (Å²) in [5.74, 6) is 0. The summed E-state index contributed by atoms with van der Waals surface area (Å²) in [7, 11) is 0. The molecule has 0 saturated carbocycles. The van der Waals surface area contributed by atoms with Crippen LogP contribution in [0.3, 0.4) is 0 Å².